The van der Waals surface area contributed by atoms with Crippen molar-refractivity contribution in [2.24, 2.45) is 0 Å². The molecule has 1 aliphatic heterocycles. The number of carbonyl (C=O) groups excluding carboxylic acids is 1. The first-order valence-electron chi connectivity index (χ1n) is 6.89. The van der Waals surface area contributed by atoms with E-state index in [0.717, 1.165) is 19.4 Å². The lowest BCUT2D eigenvalue weighted by Gasteiger charge is -2.15. The van der Waals surface area contributed by atoms with E-state index < -0.39 is 0 Å². The summed E-state index contributed by atoms with van der Waals surface area (Å²) in [5.41, 5.74) is 0.461. The molecule has 1 heterocycles. The SMILES string of the molecule is COc1cc(C(=O)NC[C@@H]2CCCO2)cc(OC)c1OC. The Hall–Kier alpha value is -1.95. The van der Waals surface area contributed by atoms with Crippen molar-refractivity contribution in [1.82, 2.24) is 5.32 Å². The topological polar surface area (TPSA) is 66.0 Å². The van der Waals surface area contributed by atoms with Gasteiger partial charge in [0.05, 0.1) is 27.4 Å². The summed E-state index contributed by atoms with van der Waals surface area (Å²) in [5, 5.41) is 2.87. The lowest BCUT2D eigenvalue weighted by atomic mass is 10.1. The van der Waals surface area contributed by atoms with Gasteiger partial charge < -0.3 is 24.3 Å². The molecule has 1 amide bonds. The van der Waals surface area contributed by atoms with Crippen LogP contribution < -0.4 is 19.5 Å². The molecule has 0 radical (unpaired) electrons. The number of methoxy groups -OCH3 is 3. The van der Waals surface area contributed by atoms with Crippen LogP contribution in [0.15, 0.2) is 12.1 Å². The van der Waals surface area contributed by atoms with E-state index in [1.807, 2.05) is 0 Å². The highest BCUT2D eigenvalue weighted by Crippen LogP contribution is 2.38. The summed E-state index contributed by atoms with van der Waals surface area (Å²) in [7, 11) is 4.56. The molecular formula is C15H21NO5. The molecule has 1 aromatic carbocycles. The molecule has 1 atom stereocenters. The molecule has 0 aliphatic carbocycles. The van der Waals surface area contributed by atoms with Gasteiger partial charge in [-0.05, 0) is 25.0 Å². The second-order valence-electron chi connectivity index (χ2n) is 4.76. The van der Waals surface area contributed by atoms with Crippen molar-refractivity contribution < 1.29 is 23.7 Å². The summed E-state index contributed by atoms with van der Waals surface area (Å²) in [4.78, 5) is 12.2. The predicted octanol–water partition coefficient (Wildman–Crippen LogP) is 1.62. The Bertz CT molecular complexity index is 472. The first-order chi connectivity index (χ1) is 10.2. The minimum atomic E-state index is -0.190. The first-order valence-corrected chi connectivity index (χ1v) is 6.89. The van der Waals surface area contributed by atoms with Crippen LogP contribution in [0, 0.1) is 0 Å². The predicted molar refractivity (Wildman–Crippen MR) is 77.4 cm³/mol. The number of hydrogen-bond acceptors (Lipinski definition) is 5. The number of carbonyl (C=O) groups is 1. The minimum Gasteiger partial charge on any atom is -0.493 e. The van der Waals surface area contributed by atoms with Crippen LogP contribution in [0.25, 0.3) is 0 Å². The van der Waals surface area contributed by atoms with E-state index in [2.05, 4.69) is 5.32 Å². The number of rotatable bonds is 6. The maximum atomic E-state index is 12.2. The molecule has 1 aliphatic rings. The molecule has 6 heteroatoms. The molecule has 0 aromatic heterocycles. The lowest BCUT2D eigenvalue weighted by Crippen LogP contribution is -2.31. The van der Waals surface area contributed by atoms with E-state index in [1.54, 1.807) is 12.1 Å². The third-order valence-electron chi connectivity index (χ3n) is 3.44. The van der Waals surface area contributed by atoms with E-state index in [1.165, 1.54) is 21.3 Å². The van der Waals surface area contributed by atoms with Crippen LogP contribution in [0.3, 0.4) is 0 Å². The normalized spacial score (nSPS) is 17.4. The van der Waals surface area contributed by atoms with Gasteiger partial charge in [0.25, 0.3) is 5.91 Å². The molecule has 1 saturated heterocycles. The zero-order valence-corrected chi connectivity index (χ0v) is 12.6. The van der Waals surface area contributed by atoms with Crippen molar-refractivity contribution in [2.75, 3.05) is 34.5 Å². The number of hydrogen-bond donors (Lipinski definition) is 1. The average molecular weight is 295 g/mol. The van der Waals surface area contributed by atoms with Crippen molar-refractivity contribution in [3.63, 3.8) is 0 Å². The summed E-state index contributed by atoms with van der Waals surface area (Å²) >= 11 is 0. The zero-order valence-electron chi connectivity index (χ0n) is 12.6. The quantitative estimate of drug-likeness (QED) is 0.864. The van der Waals surface area contributed by atoms with E-state index >= 15 is 0 Å². The molecule has 0 bridgehead atoms. The van der Waals surface area contributed by atoms with Gasteiger partial charge in [-0.1, -0.05) is 0 Å². The van der Waals surface area contributed by atoms with Gasteiger partial charge in [0, 0.05) is 18.7 Å². The smallest absolute Gasteiger partial charge is 0.251 e. The molecule has 0 unspecified atom stereocenters. The Balaban J connectivity index is 2.12. The highest BCUT2D eigenvalue weighted by atomic mass is 16.5. The fourth-order valence-electron chi connectivity index (χ4n) is 2.33. The highest BCUT2D eigenvalue weighted by Gasteiger charge is 2.19. The summed E-state index contributed by atoms with van der Waals surface area (Å²) in [6.07, 6.45) is 2.14. The fraction of sp³-hybridized carbons (Fsp3) is 0.533. The van der Waals surface area contributed by atoms with Crippen LogP contribution in [-0.4, -0.2) is 46.5 Å². The standard InChI is InChI=1S/C15H21NO5/c1-18-12-7-10(8-13(19-2)14(12)20-3)15(17)16-9-11-5-4-6-21-11/h7-8,11H,4-6,9H2,1-3H3,(H,16,17)/t11-/m0/s1. The first kappa shape index (κ1) is 15.4. The van der Waals surface area contributed by atoms with Crippen molar-refractivity contribution in [3.05, 3.63) is 17.7 Å². The summed E-state index contributed by atoms with van der Waals surface area (Å²) in [6.45, 7) is 1.28. The van der Waals surface area contributed by atoms with E-state index in [0.29, 0.717) is 29.4 Å². The molecule has 116 valence electrons. The van der Waals surface area contributed by atoms with Crippen LogP contribution in [0.2, 0.25) is 0 Å². The van der Waals surface area contributed by atoms with E-state index in [-0.39, 0.29) is 12.0 Å². The molecule has 6 nitrogen and oxygen atoms in total. The van der Waals surface area contributed by atoms with Crippen LogP contribution in [0.5, 0.6) is 17.2 Å². The van der Waals surface area contributed by atoms with Crippen LogP contribution in [0.4, 0.5) is 0 Å². The second-order valence-corrected chi connectivity index (χ2v) is 4.76. The minimum absolute atomic E-state index is 0.107. The molecule has 0 spiro atoms. The number of benzene rings is 1. The number of nitrogens with one attached hydrogen (secondary N) is 1. The monoisotopic (exact) mass is 295 g/mol. The van der Waals surface area contributed by atoms with Crippen molar-refractivity contribution in [1.29, 1.82) is 0 Å². The van der Waals surface area contributed by atoms with Gasteiger partial charge in [0.1, 0.15) is 0 Å². The maximum absolute atomic E-state index is 12.2. The van der Waals surface area contributed by atoms with Crippen molar-refractivity contribution in [3.8, 4) is 17.2 Å². The van der Waals surface area contributed by atoms with Gasteiger partial charge in [-0.3, -0.25) is 4.79 Å². The van der Waals surface area contributed by atoms with Crippen molar-refractivity contribution >= 4 is 5.91 Å². The Labute approximate surface area is 124 Å². The zero-order chi connectivity index (χ0) is 15.2. The summed E-state index contributed by atoms with van der Waals surface area (Å²) < 4.78 is 21.2. The molecule has 1 N–H and O–H groups in total. The van der Waals surface area contributed by atoms with Crippen LogP contribution >= 0.6 is 0 Å². The van der Waals surface area contributed by atoms with Gasteiger partial charge in [0.15, 0.2) is 11.5 Å². The third kappa shape index (κ3) is 3.58. The summed E-state index contributed by atoms with van der Waals surface area (Å²) in [6, 6.07) is 3.26. The van der Waals surface area contributed by atoms with E-state index in [4.69, 9.17) is 18.9 Å². The van der Waals surface area contributed by atoms with E-state index in [9.17, 15) is 4.79 Å². The molecule has 2 rings (SSSR count). The van der Waals surface area contributed by atoms with Gasteiger partial charge in [-0.15, -0.1) is 0 Å². The second kappa shape index (κ2) is 7.17. The van der Waals surface area contributed by atoms with Gasteiger partial charge >= 0.3 is 0 Å². The number of ether oxygens (including phenoxy) is 4. The molecule has 0 saturated carbocycles. The lowest BCUT2D eigenvalue weighted by molar-refractivity contribution is 0.0857. The Morgan fingerprint density at radius 3 is 2.38 bits per heavy atom. The molecule has 21 heavy (non-hydrogen) atoms. The average Bonchev–Trinajstić information content (AvgIpc) is 3.04. The van der Waals surface area contributed by atoms with Crippen molar-refractivity contribution in [2.45, 2.75) is 18.9 Å². The van der Waals surface area contributed by atoms with Gasteiger partial charge in [-0.25, -0.2) is 0 Å². The highest BCUT2D eigenvalue weighted by molar-refractivity contribution is 5.95. The molecular weight excluding hydrogens is 274 g/mol. The molecule has 1 aromatic rings. The van der Waals surface area contributed by atoms with Gasteiger partial charge in [0.2, 0.25) is 5.75 Å². The fourth-order valence-corrected chi connectivity index (χ4v) is 2.33. The van der Waals surface area contributed by atoms with Crippen LogP contribution in [-0.2, 0) is 4.74 Å². The number of amides is 1. The largest absolute Gasteiger partial charge is 0.493 e. The Kier molecular flexibility index (Phi) is 5.27. The summed E-state index contributed by atoms with van der Waals surface area (Å²) in [5.74, 6) is 1.19. The van der Waals surface area contributed by atoms with Gasteiger partial charge in [-0.2, -0.15) is 0 Å². The van der Waals surface area contributed by atoms with Crippen LogP contribution in [0.1, 0.15) is 23.2 Å². The molecule has 1 fully saturated rings. The Morgan fingerprint density at radius 2 is 1.90 bits per heavy atom. The third-order valence-corrected chi connectivity index (χ3v) is 3.44. The Morgan fingerprint density at radius 1 is 1.24 bits per heavy atom. The maximum Gasteiger partial charge on any atom is 0.251 e.